The van der Waals surface area contributed by atoms with Gasteiger partial charge in [0.25, 0.3) is 5.91 Å². The first kappa shape index (κ1) is 20.1. The molecule has 4 rings (SSSR count). The second-order valence-corrected chi connectivity index (χ2v) is 7.41. The number of hydrogen-bond acceptors (Lipinski definition) is 4. The predicted octanol–water partition coefficient (Wildman–Crippen LogP) is 4.24. The zero-order chi connectivity index (χ0) is 21.5. The van der Waals surface area contributed by atoms with Crippen LogP contribution in [0.25, 0.3) is 11.3 Å². The van der Waals surface area contributed by atoms with Crippen LogP contribution in [0.3, 0.4) is 0 Å². The molecule has 30 heavy (non-hydrogen) atoms. The molecule has 3 aromatic rings. The maximum atomic E-state index is 13.0. The minimum Gasteiger partial charge on any atom is -0.344 e. The highest BCUT2D eigenvalue weighted by Gasteiger charge is 2.33. The standard InChI is InChI=1S/C21H20F3N5O/c1-12-8-15(9-13(2)26-12)20(30)27-16-4-3-7-29-18(16)11-17(28-29)14-5-6-25-19(10-14)21(22,23)24/h5-6,8-11,16H,3-4,7H2,1-2H3,(H,27,30). The number of pyridine rings is 2. The second-order valence-electron chi connectivity index (χ2n) is 7.41. The van der Waals surface area contributed by atoms with E-state index in [0.29, 0.717) is 23.4 Å². The average molecular weight is 415 g/mol. The number of alkyl halides is 3. The fourth-order valence-corrected chi connectivity index (χ4v) is 3.72. The number of halogens is 3. The van der Waals surface area contributed by atoms with Crippen LogP contribution in [0, 0.1) is 13.8 Å². The summed E-state index contributed by atoms with van der Waals surface area (Å²) < 4.78 is 40.7. The summed E-state index contributed by atoms with van der Waals surface area (Å²) in [5.41, 5.74) is 2.63. The molecule has 1 aliphatic heterocycles. The van der Waals surface area contributed by atoms with E-state index in [2.05, 4.69) is 20.4 Å². The molecule has 1 aliphatic rings. The summed E-state index contributed by atoms with van der Waals surface area (Å²) in [6.07, 6.45) is -1.86. The van der Waals surface area contributed by atoms with Crippen LogP contribution in [0.5, 0.6) is 0 Å². The van der Waals surface area contributed by atoms with Crippen LogP contribution < -0.4 is 5.32 Å². The topological polar surface area (TPSA) is 72.7 Å². The Morgan fingerprint density at radius 2 is 1.90 bits per heavy atom. The normalized spacial score (nSPS) is 16.2. The molecule has 156 valence electrons. The van der Waals surface area contributed by atoms with E-state index in [1.54, 1.807) is 22.9 Å². The maximum absolute atomic E-state index is 13.0. The molecule has 0 aliphatic carbocycles. The molecular weight excluding hydrogens is 395 g/mol. The molecule has 1 atom stereocenters. The Bertz CT molecular complexity index is 1090. The highest BCUT2D eigenvalue weighted by molar-refractivity contribution is 5.94. The third-order valence-electron chi connectivity index (χ3n) is 5.03. The number of carbonyl (C=O) groups is 1. The number of nitrogens with one attached hydrogen (secondary N) is 1. The van der Waals surface area contributed by atoms with Gasteiger partial charge in [-0.1, -0.05) is 0 Å². The first-order valence-electron chi connectivity index (χ1n) is 9.58. The van der Waals surface area contributed by atoms with Crippen LogP contribution in [0.4, 0.5) is 13.2 Å². The monoisotopic (exact) mass is 415 g/mol. The number of fused-ring (bicyclic) bond motifs is 1. The summed E-state index contributed by atoms with van der Waals surface area (Å²) in [6.45, 7) is 4.30. The number of amides is 1. The van der Waals surface area contributed by atoms with Crippen molar-refractivity contribution in [3.8, 4) is 11.3 Å². The third kappa shape index (κ3) is 4.05. The molecular formula is C21H20F3N5O. The summed E-state index contributed by atoms with van der Waals surface area (Å²) in [6, 6.07) is 7.41. The molecule has 3 aromatic heterocycles. The molecule has 9 heteroatoms. The molecule has 1 N–H and O–H groups in total. The van der Waals surface area contributed by atoms with Gasteiger partial charge in [0.1, 0.15) is 5.69 Å². The van der Waals surface area contributed by atoms with E-state index in [-0.39, 0.29) is 11.9 Å². The minimum atomic E-state index is -4.52. The second kappa shape index (κ2) is 7.55. The van der Waals surface area contributed by atoms with Gasteiger partial charge in [0.2, 0.25) is 0 Å². The van der Waals surface area contributed by atoms with E-state index in [4.69, 9.17) is 0 Å². The van der Waals surface area contributed by atoms with Gasteiger partial charge in [-0.05, 0) is 57.0 Å². The molecule has 0 saturated carbocycles. The Morgan fingerprint density at radius 3 is 2.60 bits per heavy atom. The lowest BCUT2D eigenvalue weighted by Gasteiger charge is -2.24. The third-order valence-corrected chi connectivity index (χ3v) is 5.03. The van der Waals surface area contributed by atoms with Crippen LogP contribution in [0.1, 0.15) is 52.0 Å². The summed E-state index contributed by atoms with van der Waals surface area (Å²) >= 11 is 0. The fraction of sp³-hybridized carbons (Fsp3) is 0.333. The zero-order valence-electron chi connectivity index (χ0n) is 16.5. The number of aromatic nitrogens is 4. The van der Waals surface area contributed by atoms with E-state index in [1.165, 1.54) is 6.07 Å². The van der Waals surface area contributed by atoms with Gasteiger partial charge in [0.05, 0.1) is 17.4 Å². The molecule has 1 amide bonds. The molecule has 0 saturated heterocycles. The van der Waals surface area contributed by atoms with Gasteiger partial charge >= 0.3 is 6.18 Å². The van der Waals surface area contributed by atoms with Crippen molar-refractivity contribution in [2.24, 2.45) is 0 Å². The Balaban J connectivity index is 1.61. The lowest BCUT2D eigenvalue weighted by molar-refractivity contribution is -0.141. The molecule has 0 radical (unpaired) electrons. The Hall–Kier alpha value is -3.23. The Kier molecular flexibility index (Phi) is 5.05. The van der Waals surface area contributed by atoms with E-state index in [1.807, 2.05) is 13.8 Å². The summed E-state index contributed by atoms with van der Waals surface area (Å²) in [5.74, 6) is -0.215. The molecule has 0 fully saturated rings. The van der Waals surface area contributed by atoms with Crippen LogP contribution in [0.2, 0.25) is 0 Å². The largest absolute Gasteiger partial charge is 0.433 e. The van der Waals surface area contributed by atoms with Gasteiger partial charge in [-0.25, -0.2) is 0 Å². The van der Waals surface area contributed by atoms with E-state index >= 15 is 0 Å². The zero-order valence-corrected chi connectivity index (χ0v) is 16.5. The summed E-state index contributed by atoms with van der Waals surface area (Å²) in [4.78, 5) is 20.4. The molecule has 0 aromatic carbocycles. The Morgan fingerprint density at radius 1 is 1.17 bits per heavy atom. The number of carbonyl (C=O) groups excluding carboxylic acids is 1. The van der Waals surface area contributed by atoms with Gasteiger partial charge in [-0.15, -0.1) is 0 Å². The van der Waals surface area contributed by atoms with Crippen molar-refractivity contribution in [3.05, 3.63) is 64.9 Å². The van der Waals surface area contributed by atoms with Crippen LogP contribution in [0.15, 0.2) is 36.5 Å². The first-order chi connectivity index (χ1) is 14.2. The summed E-state index contributed by atoms with van der Waals surface area (Å²) in [5, 5.41) is 7.49. The fourth-order valence-electron chi connectivity index (χ4n) is 3.72. The maximum Gasteiger partial charge on any atom is 0.433 e. The number of hydrogen-bond donors (Lipinski definition) is 1. The molecule has 4 heterocycles. The minimum absolute atomic E-state index is 0.215. The SMILES string of the molecule is Cc1cc(C(=O)NC2CCCn3nc(-c4ccnc(C(F)(F)F)c4)cc32)cc(C)n1. The van der Waals surface area contributed by atoms with Crippen molar-refractivity contribution >= 4 is 5.91 Å². The summed E-state index contributed by atoms with van der Waals surface area (Å²) in [7, 11) is 0. The van der Waals surface area contributed by atoms with Gasteiger partial charge in [-0.3, -0.25) is 19.4 Å². The highest BCUT2D eigenvalue weighted by Crippen LogP contribution is 2.32. The molecule has 1 unspecified atom stereocenters. The Labute approximate surface area is 171 Å². The van der Waals surface area contributed by atoms with E-state index < -0.39 is 11.9 Å². The van der Waals surface area contributed by atoms with Gasteiger partial charge < -0.3 is 5.32 Å². The van der Waals surface area contributed by atoms with E-state index in [9.17, 15) is 18.0 Å². The van der Waals surface area contributed by atoms with Crippen molar-refractivity contribution < 1.29 is 18.0 Å². The van der Waals surface area contributed by atoms with Crippen molar-refractivity contribution in [1.82, 2.24) is 25.1 Å². The van der Waals surface area contributed by atoms with Crippen molar-refractivity contribution in [3.63, 3.8) is 0 Å². The first-order valence-corrected chi connectivity index (χ1v) is 9.58. The average Bonchev–Trinajstić information content (AvgIpc) is 3.12. The number of aryl methyl sites for hydroxylation is 3. The molecule has 0 spiro atoms. The van der Waals surface area contributed by atoms with Crippen LogP contribution >= 0.6 is 0 Å². The smallest absolute Gasteiger partial charge is 0.344 e. The molecule has 6 nitrogen and oxygen atoms in total. The van der Waals surface area contributed by atoms with Gasteiger partial charge in [0.15, 0.2) is 0 Å². The van der Waals surface area contributed by atoms with Crippen molar-refractivity contribution in [1.29, 1.82) is 0 Å². The van der Waals surface area contributed by atoms with Crippen molar-refractivity contribution in [2.45, 2.75) is 45.5 Å². The van der Waals surface area contributed by atoms with Crippen LogP contribution in [-0.4, -0.2) is 25.7 Å². The van der Waals surface area contributed by atoms with Crippen LogP contribution in [-0.2, 0) is 12.7 Å². The van der Waals surface area contributed by atoms with Gasteiger partial charge in [0, 0.05) is 35.3 Å². The highest BCUT2D eigenvalue weighted by atomic mass is 19.4. The predicted molar refractivity (Wildman–Crippen MR) is 104 cm³/mol. The molecule has 0 bridgehead atoms. The van der Waals surface area contributed by atoms with Gasteiger partial charge in [-0.2, -0.15) is 18.3 Å². The number of nitrogens with zero attached hydrogens (tertiary/aromatic N) is 4. The lowest BCUT2D eigenvalue weighted by atomic mass is 10.0. The number of rotatable bonds is 3. The quantitative estimate of drug-likeness (QED) is 0.695. The van der Waals surface area contributed by atoms with Crippen molar-refractivity contribution in [2.75, 3.05) is 0 Å². The lowest BCUT2D eigenvalue weighted by Crippen LogP contribution is -2.32. The van der Waals surface area contributed by atoms with E-state index in [0.717, 1.165) is 42.2 Å².